The summed E-state index contributed by atoms with van der Waals surface area (Å²) >= 11 is 0. The van der Waals surface area contributed by atoms with E-state index in [1.54, 1.807) is 13.3 Å². The second kappa shape index (κ2) is 8.44. The van der Waals surface area contributed by atoms with Crippen LogP contribution in [0, 0.1) is 0 Å². The Labute approximate surface area is 171 Å². The van der Waals surface area contributed by atoms with Gasteiger partial charge in [-0.3, -0.25) is 4.90 Å². The molecule has 0 N–H and O–H groups in total. The van der Waals surface area contributed by atoms with Gasteiger partial charge in [0.15, 0.2) is 5.82 Å². The number of benzene rings is 1. The highest BCUT2D eigenvalue weighted by Gasteiger charge is 2.36. The fourth-order valence-electron chi connectivity index (χ4n) is 3.87. The molecule has 1 aromatic carbocycles. The molecule has 0 unspecified atom stereocenters. The van der Waals surface area contributed by atoms with Gasteiger partial charge in [-0.1, -0.05) is 18.2 Å². The first-order valence-electron chi connectivity index (χ1n) is 9.89. The summed E-state index contributed by atoms with van der Waals surface area (Å²) in [5, 5.41) is 12.0. The summed E-state index contributed by atoms with van der Waals surface area (Å²) in [5.74, 6) is 0.739. The lowest BCUT2D eigenvalue weighted by molar-refractivity contribution is -0.0457. The van der Waals surface area contributed by atoms with Crippen LogP contribution in [0.5, 0.6) is 0 Å². The Morgan fingerprint density at radius 1 is 1.00 bits per heavy atom. The lowest BCUT2D eigenvalue weighted by Crippen LogP contribution is -2.57. The number of para-hydroxylation sites is 1. The van der Waals surface area contributed by atoms with Crippen LogP contribution < -0.4 is 0 Å². The van der Waals surface area contributed by atoms with Crippen molar-refractivity contribution in [1.29, 1.82) is 0 Å². The highest BCUT2D eigenvalue weighted by Crippen LogP contribution is 2.19. The first-order valence-corrected chi connectivity index (χ1v) is 11.3. The van der Waals surface area contributed by atoms with Crippen molar-refractivity contribution in [2.75, 3.05) is 39.3 Å². The molecule has 2 saturated heterocycles. The zero-order chi connectivity index (χ0) is 20.4. The molecule has 0 amide bonds. The second-order valence-corrected chi connectivity index (χ2v) is 9.53. The normalized spacial score (nSPS) is 25.3. The number of morpholine rings is 1. The van der Waals surface area contributed by atoms with Crippen molar-refractivity contribution in [3.05, 3.63) is 36.2 Å². The van der Waals surface area contributed by atoms with E-state index >= 15 is 0 Å². The van der Waals surface area contributed by atoms with Gasteiger partial charge in [0.05, 0.1) is 24.4 Å². The topological polar surface area (TPSA) is 96.7 Å². The molecule has 158 valence electrons. The fraction of sp³-hybridized carbons (Fsp3) is 0.611. The summed E-state index contributed by atoms with van der Waals surface area (Å²) in [4.78, 5) is 2.18. The highest BCUT2D eigenvalue weighted by atomic mass is 32.2. The van der Waals surface area contributed by atoms with Gasteiger partial charge in [-0.15, -0.1) is 5.10 Å². The van der Waals surface area contributed by atoms with E-state index in [1.807, 2.05) is 44.2 Å². The maximum absolute atomic E-state index is 13.0. The van der Waals surface area contributed by atoms with Crippen LogP contribution in [-0.2, 0) is 21.5 Å². The predicted octanol–water partition coefficient (Wildman–Crippen LogP) is 0.134. The van der Waals surface area contributed by atoms with E-state index in [1.165, 1.54) is 0 Å². The van der Waals surface area contributed by atoms with E-state index in [0.717, 1.165) is 11.5 Å². The van der Waals surface area contributed by atoms with Crippen LogP contribution in [0.4, 0.5) is 0 Å². The van der Waals surface area contributed by atoms with E-state index in [0.29, 0.717) is 45.8 Å². The number of aromatic nitrogens is 4. The van der Waals surface area contributed by atoms with E-state index in [9.17, 15) is 8.42 Å². The lowest BCUT2D eigenvalue weighted by atomic mass is 10.3. The molecule has 2 aliphatic rings. The zero-order valence-electron chi connectivity index (χ0n) is 16.8. The summed E-state index contributed by atoms with van der Waals surface area (Å²) in [7, 11) is -3.47. The first kappa shape index (κ1) is 20.4. The minimum absolute atomic E-state index is 0.0911. The Bertz CT molecular complexity index is 903. The molecule has 2 fully saturated rings. The Balaban J connectivity index is 1.37. The molecule has 0 bridgehead atoms. The van der Waals surface area contributed by atoms with Crippen LogP contribution >= 0.6 is 0 Å². The Morgan fingerprint density at radius 2 is 1.66 bits per heavy atom. The van der Waals surface area contributed by atoms with Gasteiger partial charge < -0.3 is 4.74 Å². The van der Waals surface area contributed by atoms with Crippen molar-refractivity contribution < 1.29 is 13.2 Å². The average molecular weight is 422 g/mol. The second-order valence-electron chi connectivity index (χ2n) is 7.60. The minimum atomic E-state index is -3.47. The number of nitrogens with zero attached hydrogens (tertiary/aromatic N) is 7. The molecule has 10 nitrogen and oxygen atoms in total. The third-order valence-corrected chi connectivity index (χ3v) is 7.24. The monoisotopic (exact) mass is 421 g/mol. The van der Waals surface area contributed by atoms with Crippen LogP contribution in [0.3, 0.4) is 0 Å². The maximum atomic E-state index is 13.0. The van der Waals surface area contributed by atoms with E-state index < -0.39 is 10.2 Å². The Kier molecular flexibility index (Phi) is 5.93. The molecule has 2 aliphatic heterocycles. The Hall–Kier alpha value is -1.92. The van der Waals surface area contributed by atoms with Crippen molar-refractivity contribution >= 4 is 10.2 Å². The number of tetrazole rings is 1. The van der Waals surface area contributed by atoms with Gasteiger partial charge >= 0.3 is 0 Å². The van der Waals surface area contributed by atoms with Crippen LogP contribution in [0.1, 0.15) is 19.7 Å². The summed E-state index contributed by atoms with van der Waals surface area (Å²) < 4.78 is 36.6. The number of rotatable bonds is 5. The molecule has 2 aromatic rings. The first-order chi connectivity index (χ1) is 13.9. The van der Waals surface area contributed by atoms with Crippen molar-refractivity contribution in [3.63, 3.8) is 0 Å². The van der Waals surface area contributed by atoms with E-state index in [4.69, 9.17) is 4.74 Å². The fourth-order valence-corrected chi connectivity index (χ4v) is 5.62. The van der Waals surface area contributed by atoms with Gasteiger partial charge in [-0.25, -0.2) is 0 Å². The lowest BCUT2D eigenvalue weighted by Gasteiger charge is -2.40. The molecule has 2 atom stereocenters. The van der Waals surface area contributed by atoms with Crippen LogP contribution in [0.15, 0.2) is 30.3 Å². The largest absolute Gasteiger partial charge is 0.373 e. The Morgan fingerprint density at radius 3 is 2.31 bits per heavy atom. The molecule has 11 heteroatoms. The minimum Gasteiger partial charge on any atom is -0.373 e. The third kappa shape index (κ3) is 4.48. The van der Waals surface area contributed by atoms with Gasteiger partial charge in [-0.2, -0.15) is 21.7 Å². The summed E-state index contributed by atoms with van der Waals surface area (Å²) in [5.41, 5.74) is 0.907. The molecule has 29 heavy (non-hydrogen) atoms. The van der Waals surface area contributed by atoms with E-state index in [2.05, 4.69) is 20.4 Å². The summed E-state index contributed by atoms with van der Waals surface area (Å²) in [6.45, 7) is 7.37. The molecular weight excluding hydrogens is 394 g/mol. The van der Waals surface area contributed by atoms with Crippen molar-refractivity contribution in [3.8, 4) is 5.69 Å². The quantitative estimate of drug-likeness (QED) is 0.677. The zero-order valence-corrected chi connectivity index (χ0v) is 17.6. The van der Waals surface area contributed by atoms with Gasteiger partial charge in [-0.05, 0) is 36.4 Å². The number of hydrogen-bond donors (Lipinski definition) is 0. The smallest absolute Gasteiger partial charge is 0.282 e. The van der Waals surface area contributed by atoms with Gasteiger partial charge in [0.25, 0.3) is 10.2 Å². The number of ether oxygens (including phenoxy) is 1. The molecule has 0 aliphatic carbocycles. The van der Waals surface area contributed by atoms with Gasteiger partial charge in [0.2, 0.25) is 0 Å². The number of piperazine rings is 1. The maximum Gasteiger partial charge on any atom is 0.282 e. The van der Waals surface area contributed by atoms with Crippen molar-refractivity contribution in [1.82, 2.24) is 33.7 Å². The number of hydrogen-bond acceptors (Lipinski definition) is 7. The molecule has 0 radical (unpaired) electrons. The molecule has 1 aromatic heterocycles. The molecule has 0 saturated carbocycles. The van der Waals surface area contributed by atoms with Crippen LogP contribution in [0.25, 0.3) is 5.69 Å². The van der Waals surface area contributed by atoms with Crippen LogP contribution in [-0.4, -0.2) is 93.6 Å². The highest BCUT2D eigenvalue weighted by molar-refractivity contribution is 7.86. The molecule has 0 spiro atoms. The SMILES string of the molecule is C[C@@H]1CN(S(=O)(=O)N2CCN(Cc3nnnn3-c3ccccc3)CC2)C[C@H](C)O1. The van der Waals surface area contributed by atoms with Gasteiger partial charge in [0.1, 0.15) is 0 Å². The average Bonchev–Trinajstić information content (AvgIpc) is 3.16. The standard InChI is InChI=1S/C18H27N7O3S/c1-15-12-24(13-16(2)28-15)29(26,27)23-10-8-22(9-11-23)14-18-19-20-21-25(18)17-6-4-3-5-7-17/h3-7,15-16H,8-14H2,1-2H3/t15-,16+. The van der Waals surface area contributed by atoms with Crippen LogP contribution in [0.2, 0.25) is 0 Å². The predicted molar refractivity (Wildman–Crippen MR) is 107 cm³/mol. The van der Waals surface area contributed by atoms with E-state index in [-0.39, 0.29) is 12.2 Å². The summed E-state index contributed by atoms with van der Waals surface area (Å²) in [6.07, 6.45) is -0.182. The molecule has 4 rings (SSSR count). The van der Waals surface area contributed by atoms with Crippen molar-refractivity contribution in [2.24, 2.45) is 0 Å². The third-order valence-electron chi connectivity index (χ3n) is 5.27. The van der Waals surface area contributed by atoms with Crippen molar-refractivity contribution in [2.45, 2.75) is 32.6 Å². The van der Waals surface area contributed by atoms with Gasteiger partial charge in [0, 0.05) is 39.3 Å². The summed E-state index contributed by atoms with van der Waals surface area (Å²) in [6, 6.07) is 9.74. The molecular formula is C18H27N7O3S. The molecule has 3 heterocycles.